The van der Waals surface area contributed by atoms with Crippen molar-refractivity contribution in [2.75, 3.05) is 13.3 Å². The van der Waals surface area contributed by atoms with Crippen LogP contribution in [0.2, 0.25) is 18.1 Å². The smallest absolute Gasteiger partial charge is 0.192 e. The van der Waals surface area contributed by atoms with Crippen LogP contribution in [0.25, 0.3) is 0 Å². The van der Waals surface area contributed by atoms with Gasteiger partial charge in [-0.25, -0.2) is 0 Å². The second-order valence-corrected chi connectivity index (χ2v) is 23.5. The maximum atomic E-state index is 6.85. The molecule has 0 saturated carbocycles. The third-order valence-corrected chi connectivity index (χ3v) is 19.5. The molecule has 0 spiro atoms. The van der Waals surface area contributed by atoms with Crippen LogP contribution in [0, 0.1) is 5.92 Å². The van der Waals surface area contributed by atoms with Crippen LogP contribution in [0.15, 0.2) is 127 Å². The van der Waals surface area contributed by atoms with Gasteiger partial charge in [0.2, 0.25) is 0 Å². The van der Waals surface area contributed by atoms with Crippen LogP contribution in [0.5, 0.6) is 5.75 Å². The molecular weight excluding hydrogens is 636 g/mol. The lowest BCUT2D eigenvalue weighted by atomic mass is 9.98. The second kappa shape index (κ2) is 17.8. The lowest BCUT2D eigenvalue weighted by Crippen LogP contribution is -2.43. The normalized spacial score (nSPS) is 14.7. The van der Waals surface area contributed by atoms with Crippen molar-refractivity contribution >= 4 is 31.5 Å². The van der Waals surface area contributed by atoms with E-state index in [-0.39, 0.29) is 17.2 Å². The number of rotatable bonds is 17. The molecule has 0 aromatic heterocycles. The van der Waals surface area contributed by atoms with E-state index >= 15 is 0 Å². The zero-order valence-electron chi connectivity index (χ0n) is 31.5. The minimum absolute atomic E-state index is 0.120. The van der Waals surface area contributed by atoms with Crippen LogP contribution in [0.3, 0.4) is 0 Å². The van der Waals surface area contributed by atoms with Gasteiger partial charge in [0.15, 0.2) is 8.32 Å². The molecule has 0 aliphatic heterocycles. The SMILES string of the molecule is COc1ccc(CO[C@H](CC[C@H](C)/C=C(\C)[C@H](C)O[Si](C)(C)C(C)(C)C)CC[P+](c2ccccc2)(c2ccccc2)c2ccccc2)cc1. The van der Waals surface area contributed by atoms with Crippen LogP contribution in [0.4, 0.5) is 0 Å². The van der Waals surface area contributed by atoms with Crippen molar-refractivity contribution in [2.24, 2.45) is 5.92 Å². The molecule has 3 nitrogen and oxygen atoms in total. The Labute approximate surface area is 299 Å². The molecule has 4 aromatic carbocycles. The summed E-state index contributed by atoms with van der Waals surface area (Å²) >= 11 is 0. The molecule has 0 aliphatic rings. The highest BCUT2D eigenvalue weighted by Gasteiger charge is 2.45. The summed E-state index contributed by atoms with van der Waals surface area (Å²) in [6.07, 6.45) is 6.75. The van der Waals surface area contributed by atoms with E-state index in [0.717, 1.165) is 31.2 Å². The Morgan fingerprint density at radius 3 is 1.65 bits per heavy atom. The Morgan fingerprint density at radius 1 is 0.714 bits per heavy atom. The van der Waals surface area contributed by atoms with E-state index in [1.807, 2.05) is 12.1 Å². The monoisotopic (exact) mass is 695 g/mol. The Balaban J connectivity index is 1.59. The molecular formula is C44H60O3PSi+. The van der Waals surface area contributed by atoms with Gasteiger partial charge in [-0.2, -0.15) is 0 Å². The molecule has 262 valence electrons. The maximum Gasteiger partial charge on any atom is 0.192 e. The Morgan fingerprint density at radius 2 is 1.20 bits per heavy atom. The zero-order chi connectivity index (χ0) is 35.5. The van der Waals surface area contributed by atoms with Crippen molar-refractivity contribution in [3.05, 3.63) is 132 Å². The number of ether oxygens (including phenoxy) is 2. The summed E-state index contributed by atoms with van der Waals surface area (Å²) in [7, 11) is -2.09. The van der Waals surface area contributed by atoms with E-state index in [9.17, 15) is 0 Å². The van der Waals surface area contributed by atoms with Gasteiger partial charge < -0.3 is 13.9 Å². The minimum atomic E-state index is -1.95. The molecule has 0 aliphatic carbocycles. The van der Waals surface area contributed by atoms with Crippen LogP contribution >= 0.6 is 7.26 Å². The average molecular weight is 696 g/mol. The molecule has 4 aromatic rings. The van der Waals surface area contributed by atoms with E-state index in [4.69, 9.17) is 13.9 Å². The fourth-order valence-electron chi connectivity index (χ4n) is 6.29. The summed E-state index contributed by atoms with van der Waals surface area (Å²) in [5.74, 6) is 1.29. The molecule has 49 heavy (non-hydrogen) atoms. The summed E-state index contributed by atoms with van der Waals surface area (Å²) in [5.41, 5.74) is 2.50. The predicted molar refractivity (Wildman–Crippen MR) is 216 cm³/mol. The summed E-state index contributed by atoms with van der Waals surface area (Å²) in [6.45, 7) is 19.0. The molecule has 0 fully saturated rings. The van der Waals surface area contributed by atoms with Gasteiger partial charge >= 0.3 is 0 Å². The number of hydrogen-bond donors (Lipinski definition) is 0. The van der Waals surface area contributed by atoms with E-state index in [1.165, 1.54) is 27.1 Å². The largest absolute Gasteiger partial charge is 0.497 e. The van der Waals surface area contributed by atoms with Crippen molar-refractivity contribution in [3.8, 4) is 5.75 Å². The van der Waals surface area contributed by atoms with Crippen molar-refractivity contribution in [2.45, 2.75) is 97.8 Å². The molecule has 0 radical (unpaired) electrons. The number of hydrogen-bond acceptors (Lipinski definition) is 3. The fraction of sp³-hybridized carbons (Fsp3) is 0.409. The predicted octanol–water partition coefficient (Wildman–Crippen LogP) is 10.7. The van der Waals surface area contributed by atoms with Crippen LogP contribution in [0.1, 0.15) is 66.4 Å². The second-order valence-electron chi connectivity index (χ2n) is 15.1. The number of methoxy groups -OCH3 is 1. The number of allylic oxidation sites excluding steroid dienone is 1. The summed E-state index contributed by atoms with van der Waals surface area (Å²) in [4.78, 5) is 0. The first kappa shape index (κ1) is 38.8. The molecule has 0 amide bonds. The van der Waals surface area contributed by atoms with E-state index in [0.29, 0.717) is 12.5 Å². The van der Waals surface area contributed by atoms with Crippen LogP contribution < -0.4 is 20.7 Å². The first-order valence-electron chi connectivity index (χ1n) is 18.0. The lowest BCUT2D eigenvalue weighted by Gasteiger charge is -2.38. The highest BCUT2D eigenvalue weighted by Crippen LogP contribution is 2.56. The van der Waals surface area contributed by atoms with Crippen LogP contribution in [-0.2, 0) is 15.8 Å². The van der Waals surface area contributed by atoms with Crippen molar-refractivity contribution in [3.63, 3.8) is 0 Å². The quantitative estimate of drug-likeness (QED) is 0.0625. The third kappa shape index (κ3) is 10.5. The average Bonchev–Trinajstić information content (AvgIpc) is 3.10. The van der Waals surface area contributed by atoms with Crippen LogP contribution in [-0.4, -0.2) is 33.8 Å². The number of benzene rings is 4. The van der Waals surface area contributed by atoms with Gasteiger partial charge in [0, 0.05) is 6.42 Å². The van der Waals surface area contributed by atoms with E-state index < -0.39 is 15.6 Å². The zero-order valence-corrected chi connectivity index (χ0v) is 33.4. The molecule has 0 N–H and O–H groups in total. The van der Waals surface area contributed by atoms with Gasteiger partial charge in [0.1, 0.15) is 28.9 Å². The highest BCUT2D eigenvalue weighted by molar-refractivity contribution is 7.95. The van der Waals surface area contributed by atoms with E-state index in [2.05, 4.69) is 164 Å². The Hall–Kier alpha value is -3.01. The summed E-state index contributed by atoms with van der Waals surface area (Å²) in [6, 6.07) is 41.8. The fourth-order valence-corrected chi connectivity index (χ4v) is 12.1. The molecule has 0 bridgehead atoms. The van der Waals surface area contributed by atoms with Gasteiger partial charge in [0.05, 0.1) is 32.1 Å². The van der Waals surface area contributed by atoms with Gasteiger partial charge in [0.25, 0.3) is 0 Å². The molecule has 4 rings (SSSR count). The van der Waals surface area contributed by atoms with Crippen molar-refractivity contribution < 1.29 is 13.9 Å². The summed E-state index contributed by atoms with van der Waals surface area (Å²) < 4.78 is 19.0. The topological polar surface area (TPSA) is 27.7 Å². The molecule has 3 atom stereocenters. The van der Waals surface area contributed by atoms with E-state index in [1.54, 1.807) is 7.11 Å². The summed E-state index contributed by atoms with van der Waals surface area (Å²) in [5, 5.41) is 4.45. The van der Waals surface area contributed by atoms with Crippen molar-refractivity contribution in [1.29, 1.82) is 0 Å². The van der Waals surface area contributed by atoms with Gasteiger partial charge in [-0.1, -0.05) is 101 Å². The maximum absolute atomic E-state index is 6.85. The van der Waals surface area contributed by atoms with Gasteiger partial charge in [-0.15, -0.1) is 0 Å². The third-order valence-electron chi connectivity index (χ3n) is 10.4. The highest BCUT2D eigenvalue weighted by atomic mass is 31.2. The van der Waals surface area contributed by atoms with Gasteiger partial charge in [-0.05, 0) is 110 Å². The Kier molecular flexibility index (Phi) is 14.1. The molecule has 0 saturated heterocycles. The lowest BCUT2D eigenvalue weighted by molar-refractivity contribution is 0.0304. The van der Waals surface area contributed by atoms with Gasteiger partial charge in [-0.3, -0.25) is 0 Å². The minimum Gasteiger partial charge on any atom is -0.497 e. The first-order valence-corrected chi connectivity index (χ1v) is 22.9. The molecule has 5 heteroatoms. The van der Waals surface area contributed by atoms with Crippen molar-refractivity contribution in [1.82, 2.24) is 0 Å². The standard InChI is InChI=1S/C44H60O3PSi/c1-35(33-36(2)37(3)47-49(8,9)44(4,5)6)25-28-40(46-34-38-26-29-39(45-7)30-27-38)31-32-48(41-19-13-10-14-20-41,42-21-15-11-16-22-42)43-23-17-12-18-24-43/h10-24,26-27,29-30,33,35,37,40H,25,28,31-32,34H2,1-9H3/q+1/b36-33+/t35-,37-,40+/m0/s1. The molecule has 0 heterocycles. The Bertz CT molecular complexity index is 1470. The molecule has 0 unspecified atom stereocenters. The first-order chi connectivity index (χ1) is 23.4.